The first kappa shape index (κ1) is 10.2. The largest absolute Gasteiger partial charge is 0.505 e. The molecule has 0 bridgehead atoms. The normalized spacial score (nSPS) is 21.9. The molecule has 0 radical (unpaired) electrons. The minimum Gasteiger partial charge on any atom is -0.505 e. The molecule has 0 aromatic heterocycles. The number of nitrogens with one attached hydrogen (secondary N) is 1. The number of halogens is 1. The van der Waals surface area contributed by atoms with Crippen molar-refractivity contribution in [3.8, 4) is 5.75 Å². The molecule has 0 amide bonds. The Morgan fingerprint density at radius 2 is 2.33 bits per heavy atom. The van der Waals surface area contributed by atoms with E-state index in [1.54, 1.807) is 6.07 Å². The van der Waals surface area contributed by atoms with Crippen molar-refractivity contribution in [2.24, 2.45) is 0 Å². The van der Waals surface area contributed by atoms with Crippen LogP contribution in [-0.4, -0.2) is 36.2 Å². The van der Waals surface area contributed by atoms with Crippen LogP contribution in [0.3, 0.4) is 0 Å². The molecule has 2 N–H and O–H groups in total. The maximum Gasteiger partial charge on any atom is 0.166 e. The van der Waals surface area contributed by atoms with Gasteiger partial charge in [0.1, 0.15) is 0 Å². The van der Waals surface area contributed by atoms with Gasteiger partial charge in [-0.3, -0.25) is 0 Å². The van der Waals surface area contributed by atoms with Gasteiger partial charge in [-0.05, 0) is 32.1 Å². The van der Waals surface area contributed by atoms with E-state index >= 15 is 0 Å². The summed E-state index contributed by atoms with van der Waals surface area (Å²) in [5.74, 6) is -0.879. The highest BCUT2D eigenvalue weighted by Gasteiger charge is 2.19. The minimum atomic E-state index is -0.577. The summed E-state index contributed by atoms with van der Waals surface area (Å²) < 4.78 is 13.0. The van der Waals surface area contributed by atoms with Crippen LogP contribution in [0.1, 0.15) is 6.42 Å². The minimum absolute atomic E-state index is 0.302. The molecule has 1 saturated heterocycles. The molecule has 4 heteroatoms. The molecule has 0 spiro atoms. The summed E-state index contributed by atoms with van der Waals surface area (Å²) in [5.41, 5.74) is 0.727. The van der Waals surface area contributed by atoms with E-state index in [-0.39, 0.29) is 5.75 Å². The second-order valence-corrected chi connectivity index (χ2v) is 4.06. The van der Waals surface area contributed by atoms with Gasteiger partial charge in [-0.25, -0.2) is 4.39 Å². The predicted octanol–water partition coefficient (Wildman–Crippen LogP) is 1.65. The van der Waals surface area contributed by atoms with Crippen LogP contribution in [-0.2, 0) is 0 Å². The van der Waals surface area contributed by atoms with Crippen LogP contribution >= 0.6 is 0 Å². The highest BCUT2D eigenvalue weighted by molar-refractivity contribution is 5.47. The number of hydrogen-bond donors (Lipinski definition) is 2. The Morgan fingerprint density at radius 3 is 2.93 bits per heavy atom. The Labute approximate surface area is 88.5 Å². The standard InChI is InChI=1S/C11H15FN2O/c1-14-5-4-9(7-14)13-8-2-3-11(15)10(12)6-8/h2-3,6,9,13,15H,4-5,7H2,1H3. The van der Waals surface area contributed by atoms with Crippen LogP contribution in [0.25, 0.3) is 0 Å². The summed E-state index contributed by atoms with van der Waals surface area (Å²) >= 11 is 0. The van der Waals surface area contributed by atoms with E-state index in [4.69, 9.17) is 5.11 Å². The lowest BCUT2D eigenvalue weighted by Crippen LogP contribution is -2.23. The fourth-order valence-corrected chi connectivity index (χ4v) is 1.89. The second kappa shape index (κ2) is 4.06. The first-order valence-corrected chi connectivity index (χ1v) is 5.09. The molecule has 1 aromatic rings. The van der Waals surface area contributed by atoms with Gasteiger partial charge in [0.2, 0.25) is 0 Å². The van der Waals surface area contributed by atoms with E-state index in [0.29, 0.717) is 6.04 Å². The number of phenols is 1. The third kappa shape index (κ3) is 2.39. The highest BCUT2D eigenvalue weighted by atomic mass is 19.1. The molecule has 1 atom stereocenters. The van der Waals surface area contributed by atoms with Crippen molar-refractivity contribution < 1.29 is 9.50 Å². The van der Waals surface area contributed by atoms with Crippen LogP contribution in [0.5, 0.6) is 5.75 Å². The molecule has 1 fully saturated rings. The Balaban J connectivity index is 2.02. The van der Waals surface area contributed by atoms with Crippen molar-refractivity contribution >= 4 is 5.69 Å². The second-order valence-electron chi connectivity index (χ2n) is 4.06. The maximum absolute atomic E-state index is 13.0. The number of rotatable bonds is 2. The molecule has 1 heterocycles. The average Bonchev–Trinajstić information content (AvgIpc) is 2.58. The topological polar surface area (TPSA) is 35.5 Å². The average molecular weight is 210 g/mol. The summed E-state index contributed by atoms with van der Waals surface area (Å²) in [7, 11) is 2.07. The number of benzene rings is 1. The SMILES string of the molecule is CN1CCC(Nc2ccc(O)c(F)c2)C1. The lowest BCUT2D eigenvalue weighted by atomic mass is 10.2. The van der Waals surface area contributed by atoms with E-state index in [1.165, 1.54) is 12.1 Å². The van der Waals surface area contributed by atoms with Crippen molar-refractivity contribution in [3.05, 3.63) is 24.0 Å². The van der Waals surface area contributed by atoms with E-state index < -0.39 is 5.82 Å². The Morgan fingerprint density at radius 1 is 1.53 bits per heavy atom. The van der Waals surface area contributed by atoms with Gasteiger partial charge in [-0.1, -0.05) is 0 Å². The van der Waals surface area contributed by atoms with Crippen LogP contribution in [0.15, 0.2) is 18.2 Å². The molecule has 0 saturated carbocycles. The van der Waals surface area contributed by atoms with Crippen molar-refractivity contribution in [1.82, 2.24) is 4.90 Å². The maximum atomic E-state index is 13.0. The van der Waals surface area contributed by atoms with E-state index in [2.05, 4.69) is 17.3 Å². The number of phenolic OH excluding ortho intramolecular Hbond substituents is 1. The summed E-state index contributed by atoms with van der Waals surface area (Å²) in [4.78, 5) is 2.23. The zero-order chi connectivity index (χ0) is 10.8. The molecule has 15 heavy (non-hydrogen) atoms. The smallest absolute Gasteiger partial charge is 0.166 e. The summed E-state index contributed by atoms with van der Waals surface area (Å²) in [6.45, 7) is 2.04. The molecule has 0 aliphatic carbocycles. The van der Waals surface area contributed by atoms with E-state index in [9.17, 15) is 4.39 Å². The zero-order valence-corrected chi connectivity index (χ0v) is 8.70. The van der Waals surface area contributed by atoms with Crippen molar-refractivity contribution in [2.75, 3.05) is 25.5 Å². The zero-order valence-electron chi connectivity index (χ0n) is 8.70. The lowest BCUT2D eigenvalue weighted by molar-refractivity contribution is 0.414. The number of hydrogen-bond acceptors (Lipinski definition) is 3. The van der Waals surface area contributed by atoms with Gasteiger partial charge in [0.15, 0.2) is 11.6 Å². The van der Waals surface area contributed by atoms with Crippen LogP contribution < -0.4 is 5.32 Å². The number of aromatic hydroxyl groups is 1. The molecule has 1 aliphatic rings. The van der Waals surface area contributed by atoms with Gasteiger partial charge >= 0.3 is 0 Å². The van der Waals surface area contributed by atoms with Gasteiger partial charge in [-0.2, -0.15) is 0 Å². The van der Waals surface area contributed by atoms with Gasteiger partial charge in [0.25, 0.3) is 0 Å². The van der Waals surface area contributed by atoms with Crippen LogP contribution in [0, 0.1) is 5.82 Å². The predicted molar refractivity (Wildman–Crippen MR) is 57.6 cm³/mol. The van der Waals surface area contributed by atoms with Crippen LogP contribution in [0.2, 0.25) is 0 Å². The number of anilines is 1. The van der Waals surface area contributed by atoms with Crippen LogP contribution in [0.4, 0.5) is 10.1 Å². The molecule has 82 valence electrons. The van der Waals surface area contributed by atoms with Gasteiger partial charge < -0.3 is 15.3 Å². The molecule has 3 nitrogen and oxygen atoms in total. The van der Waals surface area contributed by atoms with E-state index in [0.717, 1.165) is 25.2 Å². The van der Waals surface area contributed by atoms with E-state index in [1.807, 2.05) is 0 Å². The fraction of sp³-hybridized carbons (Fsp3) is 0.455. The molecule has 2 rings (SSSR count). The van der Waals surface area contributed by atoms with Gasteiger partial charge in [0.05, 0.1) is 0 Å². The lowest BCUT2D eigenvalue weighted by Gasteiger charge is -2.14. The third-order valence-electron chi connectivity index (χ3n) is 2.71. The molecule has 1 aliphatic heterocycles. The Hall–Kier alpha value is -1.29. The van der Waals surface area contributed by atoms with Crippen molar-refractivity contribution in [3.63, 3.8) is 0 Å². The quantitative estimate of drug-likeness (QED) is 0.728. The molecule has 1 unspecified atom stereocenters. The summed E-state index contributed by atoms with van der Waals surface area (Å²) in [5, 5.41) is 12.3. The van der Waals surface area contributed by atoms with Crippen molar-refractivity contribution in [1.29, 1.82) is 0 Å². The Kier molecular flexibility index (Phi) is 2.77. The first-order chi connectivity index (χ1) is 7.15. The fourth-order valence-electron chi connectivity index (χ4n) is 1.89. The first-order valence-electron chi connectivity index (χ1n) is 5.09. The van der Waals surface area contributed by atoms with Crippen molar-refractivity contribution in [2.45, 2.75) is 12.5 Å². The van der Waals surface area contributed by atoms with Gasteiger partial charge in [-0.15, -0.1) is 0 Å². The highest BCUT2D eigenvalue weighted by Crippen LogP contribution is 2.21. The summed E-state index contributed by atoms with van der Waals surface area (Å²) in [6.07, 6.45) is 1.07. The number of likely N-dealkylation sites (tertiary alicyclic amines) is 1. The number of likely N-dealkylation sites (N-methyl/N-ethyl adjacent to an activating group) is 1. The molecular formula is C11H15FN2O. The molecule has 1 aromatic carbocycles. The Bertz CT molecular complexity index is 356. The summed E-state index contributed by atoms with van der Waals surface area (Å²) in [6, 6.07) is 4.76. The number of nitrogens with zero attached hydrogens (tertiary/aromatic N) is 1. The third-order valence-corrected chi connectivity index (χ3v) is 2.71. The monoisotopic (exact) mass is 210 g/mol. The molecular weight excluding hydrogens is 195 g/mol. The van der Waals surface area contributed by atoms with Gasteiger partial charge in [0, 0.05) is 24.3 Å².